The van der Waals surface area contributed by atoms with E-state index in [4.69, 9.17) is 9.47 Å². The van der Waals surface area contributed by atoms with Gasteiger partial charge in [0.1, 0.15) is 13.2 Å². The van der Waals surface area contributed by atoms with Crippen LogP contribution in [0.25, 0.3) is 0 Å². The number of ether oxygens (including phenoxy) is 3. The summed E-state index contributed by atoms with van der Waals surface area (Å²) in [7, 11) is 1.24. The molecule has 0 amide bonds. The van der Waals surface area contributed by atoms with Crippen molar-refractivity contribution in [2.45, 2.75) is 19.6 Å². The summed E-state index contributed by atoms with van der Waals surface area (Å²) >= 11 is 0. The van der Waals surface area contributed by atoms with Crippen LogP contribution in [0.1, 0.15) is 17.5 Å². The van der Waals surface area contributed by atoms with Crippen molar-refractivity contribution in [2.75, 3.05) is 7.11 Å². The Labute approximate surface area is 163 Å². The summed E-state index contributed by atoms with van der Waals surface area (Å²) in [6.45, 7) is 0.0890. The smallest absolute Gasteiger partial charge is 0.330 e. The predicted molar refractivity (Wildman–Crippen MR) is 102 cm³/mol. The van der Waals surface area contributed by atoms with Gasteiger partial charge in [0.25, 0.3) is 0 Å². The SMILES string of the molecule is COC(=O)/C=C/CC(C(=O)OCc1ccccc1)C(=O)OCc1ccccc1. The van der Waals surface area contributed by atoms with Crippen LogP contribution >= 0.6 is 0 Å². The van der Waals surface area contributed by atoms with E-state index in [2.05, 4.69) is 4.74 Å². The standard InChI is InChI=1S/C22H22O6/c1-26-20(23)14-8-13-19(21(24)27-15-17-9-4-2-5-10-17)22(25)28-16-18-11-6-3-7-12-18/h2-12,14,19H,13,15-16H2,1H3/b14-8+. The Hall–Kier alpha value is -3.41. The molecule has 0 aliphatic heterocycles. The number of carbonyl (C=O) groups excluding carboxylic acids is 3. The van der Waals surface area contributed by atoms with Crippen LogP contribution in [0.5, 0.6) is 0 Å². The van der Waals surface area contributed by atoms with E-state index in [0.717, 1.165) is 17.2 Å². The van der Waals surface area contributed by atoms with Crippen molar-refractivity contribution in [2.24, 2.45) is 5.92 Å². The van der Waals surface area contributed by atoms with Crippen LogP contribution in [-0.4, -0.2) is 25.0 Å². The fourth-order valence-electron chi connectivity index (χ4n) is 2.32. The highest BCUT2D eigenvalue weighted by Crippen LogP contribution is 2.14. The summed E-state index contributed by atoms with van der Waals surface area (Å²) in [5, 5.41) is 0. The Morgan fingerprint density at radius 2 is 1.29 bits per heavy atom. The molecule has 0 saturated carbocycles. The van der Waals surface area contributed by atoms with E-state index in [1.807, 2.05) is 60.7 Å². The molecule has 0 fully saturated rings. The molecule has 0 heterocycles. The molecule has 0 bridgehead atoms. The van der Waals surface area contributed by atoms with Gasteiger partial charge in [-0.3, -0.25) is 9.59 Å². The minimum absolute atomic E-state index is 0.0314. The zero-order valence-electron chi connectivity index (χ0n) is 15.6. The number of methoxy groups -OCH3 is 1. The number of esters is 3. The molecule has 146 valence electrons. The van der Waals surface area contributed by atoms with Gasteiger partial charge in [-0.15, -0.1) is 0 Å². The van der Waals surface area contributed by atoms with Crippen LogP contribution in [0.2, 0.25) is 0 Å². The molecular weight excluding hydrogens is 360 g/mol. The predicted octanol–water partition coefficient (Wildman–Crippen LogP) is 3.21. The van der Waals surface area contributed by atoms with Crippen molar-refractivity contribution in [1.82, 2.24) is 0 Å². The number of benzene rings is 2. The van der Waals surface area contributed by atoms with Crippen LogP contribution in [0.4, 0.5) is 0 Å². The summed E-state index contributed by atoms with van der Waals surface area (Å²) in [6, 6.07) is 18.3. The second kappa shape index (κ2) is 11.3. The molecule has 0 spiro atoms. The third-order valence-corrected chi connectivity index (χ3v) is 3.84. The normalized spacial score (nSPS) is 10.6. The second-order valence-electron chi connectivity index (χ2n) is 5.90. The topological polar surface area (TPSA) is 78.9 Å². The quantitative estimate of drug-likeness (QED) is 0.287. The molecule has 0 aliphatic rings. The molecule has 2 aromatic carbocycles. The highest BCUT2D eigenvalue weighted by atomic mass is 16.6. The fourth-order valence-corrected chi connectivity index (χ4v) is 2.32. The van der Waals surface area contributed by atoms with E-state index in [1.165, 1.54) is 13.2 Å². The molecule has 28 heavy (non-hydrogen) atoms. The summed E-state index contributed by atoms with van der Waals surface area (Å²) < 4.78 is 15.0. The molecule has 0 atom stereocenters. The van der Waals surface area contributed by atoms with Crippen molar-refractivity contribution in [1.29, 1.82) is 0 Å². The van der Waals surface area contributed by atoms with Gasteiger partial charge in [-0.05, 0) is 17.5 Å². The van der Waals surface area contributed by atoms with E-state index in [1.54, 1.807) is 0 Å². The average molecular weight is 382 g/mol. The van der Waals surface area contributed by atoms with Gasteiger partial charge >= 0.3 is 17.9 Å². The molecule has 6 heteroatoms. The first kappa shape index (κ1) is 20.9. The first-order valence-electron chi connectivity index (χ1n) is 8.75. The van der Waals surface area contributed by atoms with E-state index < -0.39 is 23.8 Å². The lowest BCUT2D eigenvalue weighted by atomic mass is 10.1. The third kappa shape index (κ3) is 7.07. The number of hydrogen-bond acceptors (Lipinski definition) is 6. The monoisotopic (exact) mass is 382 g/mol. The van der Waals surface area contributed by atoms with E-state index in [9.17, 15) is 14.4 Å². The van der Waals surface area contributed by atoms with Crippen molar-refractivity contribution in [3.63, 3.8) is 0 Å². The van der Waals surface area contributed by atoms with Gasteiger partial charge in [0, 0.05) is 6.08 Å². The molecule has 0 aliphatic carbocycles. The van der Waals surface area contributed by atoms with E-state index in [0.29, 0.717) is 0 Å². The Bertz CT molecular complexity index is 743. The summed E-state index contributed by atoms with van der Waals surface area (Å²) in [6.07, 6.45) is 2.52. The van der Waals surface area contributed by atoms with Crippen LogP contribution in [0, 0.1) is 5.92 Å². The lowest BCUT2D eigenvalue weighted by Gasteiger charge is -2.14. The summed E-state index contributed by atoms with van der Waals surface area (Å²) in [5.41, 5.74) is 1.61. The van der Waals surface area contributed by atoms with Crippen molar-refractivity contribution < 1.29 is 28.6 Å². The molecule has 6 nitrogen and oxygen atoms in total. The number of allylic oxidation sites excluding steroid dienone is 1. The Balaban J connectivity index is 1.99. The minimum atomic E-state index is -1.17. The Morgan fingerprint density at radius 1 is 0.821 bits per heavy atom. The molecule has 2 rings (SSSR count). The number of hydrogen-bond donors (Lipinski definition) is 0. The Morgan fingerprint density at radius 3 is 1.71 bits per heavy atom. The van der Waals surface area contributed by atoms with Crippen molar-refractivity contribution in [3.8, 4) is 0 Å². The van der Waals surface area contributed by atoms with Crippen LogP contribution < -0.4 is 0 Å². The molecule has 0 N–H and O–H groups in total. The third-order valence-electron chi connectivity index (χ3n) is 3.84. The van der Waals surface area contributed by atoms with Crippen LogP contribution in [0.3, 0.4) is 0 Å². The first-order chi connectivity index (χ1) is 13.6. The number of carbonyl (C=O) groups is 3. The van der Waals surface area contributed by atoms with Gasteiger partial charge in [0.2, 0.25) is 0 Å². The molecule has 2 aromatic rings. The highest BCUT2D eigenvalue weighted by molar-refractivity contribution is 5.95. The second-order valence-corrected chi connectivity index (χ2v) is 5.90. The lowest BCUT2D eigenvalue weighted by Crippen LogP contribution is -2.27. The molecular formula is C22H22O6. The van der Waals surface area contributed by atoms with Gasteiger partial charge in [0.15, 0.2) is 5.92 Å². The van der Waals surface area contributed by atoms with Gasteiger partial charge in [-0.25, -0.2) is 4.79 Å². The number of rotatable bonds is 9. The van der Waals surface area contributed by atoms with Crippen molar-refractivity contribution >= 4 is 17.9 Å². The van der Waals surface area contributed by atoms with Gasteiger partial charge < -0.3 is 14.2 Å². The summed E-state index contributed by atoms with van der Waals surface area (Å²) in [5.74, 6) is -3.17. The maximum absolute atomic E-state index is 12.4. The average Bonchev–Trinajstić information content (AvgIpc) is 2.74. The van der Waals surface area contributed by atoms with Crippen molar-refractivity contribution in [3.05, 3.63) is 83.9 Å². The Kier molecular flexibility index (Phi) is 8.46. The van der Waals surface area contributed by atoms with Gasteiger partial charge in [0.05, 0.1) is 7.11 Å². The highest BCUT2D eigenvalue weighted by Gasteiger charge is 2.29. The van der Waals surface area contributed by atoms with E-state index >= 15 is 0 Å². The summed E-state index contributed by atoms with van der Waals surface area (Å²) in [4.78, 5) is 36.1. The maximum atomic E-state index is 12.4. The molecule has 0 unspecified atom stereocenters. The first-order valence-corrected chi connectivity index (χ1v) is 8.75. The molecule has 0 aromatic heterocycles. The fraction of sp³-hybridized carbons (Fsp3) is 0.227. The lowest BCUT2D eigenvalue weighted by molar-refractivity contribution is -0.163. The molecule has 0 saturated heterocycles. The van der Waals surface area contributed by atoms with Crippen LogP contribution in [-0.2, 0) is 41.8 Å². The van der Waals surface area contributed by atoms with Gasteiger partial charge in [-0.1, -0.05) is 66.7 Å². The maximum Gasteiger partial charge on any atom is 0.330 e. The zero-order valence-corrected chi connectivity index (χ0v) is 15.6. The largest absolute Gasteiger partial charge is 0.466 e. The zero-order chi connectivity index (χ0) is 20.2. The van der Waals surface area contributed by atoms with Gasteiger partial charge in [-0.2, -0.15) is 0 Å². The van der Waals surface area contributed by atoms with Crippen LogP contribution in [0.15, 0.2) is 72.8 Å². The van der Waals surface area contributed by atoms with E-state index in [-0.39, 0.29) is 19.6 Å². The molecule has 0 radical (unpaired) electrons. The minimum Gasteiger partial charge on any atom is -0.466 e.